The molecule has 2 aromatic carbocycles. The maximum Gasteiger partial charge on any atom is 0.310 e. The van der Waals surface area contributed by atoms with Crippen molar-refractivity contribution in [3.05, 3.63) is 59.7 Å². The normalized spacial score (nSPS) is 10.4. The van der Waals surface area contributed by atoms with Crippen LogP contribution in [0.4, 0.5) is 22.0 Å². The van der Waals surface area contributed by atoms with E-state index in [1.54, 1.807) is 18.2 Å². The number of halogens is 1. The van der Waals surface area contributed by atoms with Crippen LogP contribution in [-0.4, -0.2) is 35.1 Å². The van der Waals surface area contributed by atoms with Crippen molar-refractivity contribution in [1.82, 2.24) is 15.0 Å². The largest absolute Gasteiger partial charge is 0.493 e. The molecular formula is C20H20FN5O4. The highest BCUT2D eigenvalue weighted by Gasteiger charge is 2.12. The molecule has 1 heterocycles. The predicted octanol–water partition coefficient (Wildman–Crippen LogP) is 2.64. The standard InChI is InChI=1S/C20H20FN5O4/c1-28-15-8-3-12(9-16(15)29-2)10-18(27)30-11-17-24-19(22)26-20(25-17)23-14-6-4-13(21)5-7-14/h3-9H,10-11H2,1-2H3,(H3,22,23,24,25,26). The Morgan fingerprint density at radius 1 is 1.03 bits per heavy atom. The Kier molecular flexibility index (Phi) is 6.58. The lowest BCUT2D eigenvalue weighted by Crippen LogP contribution is -2.12. The topological polar surface area (TPSA) is 121 Å². The van der Waals surface area contributed by atoms with Gasteiger partial charge in [-0.05, 0) is 42.0 Å². The molecule has 0 saturated heterocycles. The molecule has 0 aliphatic carbocycles. The zero-order valence-electron chi connectivity index (χ0n) is 16.4. The maximum atomic E-state index is 13.0. The Bertz CT molecular complexity index is 1030. The second-order valence-corrected chi connectivity index (χ2v) is 6.09. The average Bonchev–Trinajstić information content (AvgIpc) is 2.73. The number of hydrogen-bond donors (Lipinski definition) is 2. The van der Waals surface area contributed by atoms with Crippen LogP contribution in [0.25, 0.3) is 0 Å². The summed E-state index contributed by atoms with van der Waals surface area (Å²) >= 11 is 0. The van der Waals surface area contributed by atoms with E-state index in [-0.39, 0.29) is 36.6 Å². The molecule has 3 N–H and O–H groups in total. The number of rotatable bonds is 8. The van der Waals surface area contributed by atoms with E-state index in [2.05, 4.69) is 20.3 Å². The van der Waals surface area contributed by atoms with E-state index in [9.17, 15) is 9.18 Å². The predicted molar refractivity (Wildman–Crippen MR) is 107 cm³/mol. The fourth-order valence-corrected chi connectivity index (χ4v) is 2.57. The minimum absolute atomic E-state index is 0.0294. The lowest BCUT2D eigenvalue weighted by Gasteiger charge is -2.10. The summed E-state index contributed by atoms with van der Waals surface area (Å²) in [5.41, 5.74) is 6.97. The van der Waals surface area contributed by atoms with Crippen molar-refractivity contribution < 1.29 is 23.4 Å². The van der Waals surface area contributed by atoms with Gasteiger partial charge in [0.25, 0.3) is 0 Å². The van der Waals surface area contributed by atoms with Gasteiger partial charge in [0, 0.05) is 5.69 Å². The summed E-state index contributed by atoms with van der Waals surface area (Å²) in [5.74, 6) is 0.529. The van der Waals surface area contributed by atoms with Crippen molar-refractivity contribution in [2.45, 2.75) is 13.0 Å². The molecule has 0 fully saturated rings. The lowest BCUT2D eigenvalue weighted by atomic mass is 10.1. The van der Waals surface area contributed by atoms with Crippen molar-refractivity contribution in [2.24, 2.45) is 0 Å². The van der Waals surface area contributed by atoms with Crippen LogP contribution in [0.3, 0.4) is 0 Å². The number of hydrogen-bond acceptors (Lipinski definition) is 9. The van der Waals surface area contributed by atoms with E-state index in [1.807, 2.05) is 0 Å². The number of nitrogen functional groups attached to an aromatic ring is 1. The van der Waals surface area contributed by atoms with Crippen molar-refractivity contribution in [2.75, 3.05) is 25.3 Å². The Hall–Kier alpha value is -3.95. The number of esters is 1. The third kappa shape index (κ3) is 5.53. The minimum atomic E-state index is -0.478. The summed E-state index contributed by atoms with van der Waals surface area (Å²) in [5, 5.41) is 2.89. The number of nitrogens with one attached hydrogen (secondary N) is 1. The van der Waals surface area contributed by atoms with Gasteiger partial charge in [0.05, 0.1) is 20.6 Å². The van der Waals surface area contributed by atoms with Gasteiger partial charge in [0.15, 0.2) is 23.9 Å². The Morgan fingerprint density at radius 3 is 2.47 bits per heavy atom. The van der Waals surface area contributed by atoms with Crippen LogP contribution < -0.4 is 20.5 Å². The average molecular weight is 413 g/mol. The van der Waals surface area contributed by atoms with Gasteiger partial charge in [-0.15, -0.1) is 0 Å². The Morgan fingerprint density at radius 2 is 1.77 bits per heavy atom. The Labute approximate surface area is 172 Å². The van der Waals surface area contributed by atoms with Crippen LogP contribution >= 0.6 is 0 Å². The van der Waals surface area contributed by atoms with Crippen LogP contribution in [0, 0.1) is 5.82 Å². The number of carbonyl (C=O) groups excluding carboxylic acids is 1. The van der Waals surface area contributed by atoms with Crippen LogP contribution in [0.2, 0.25) is 0 Å². The summed E-state index contributed by atoms with van der Waals surface area (Å²) in [4.78, 5) is 24.3. The van der Waals surface area contributed by atoms with Gasteiger partial charge in [-0.3, -0.25) is 4.79 Å². The summed E-state index contributed by atoms with van der Waals surface area (Å²) in [6.07, 6.45) is 0.0294. The van der Waals surface area contributed by atoms with E-state index >= 15 is 0 Å². The second kappa shape index (κ2) is 9.50. The summed E-state index contributed by atoms with van der Waals surface area (Å²) in [7, 11) is 3.05. The summed E-state index contributed by atoms with van der Waals surface area (Å²) < 4.78 is 28.7. The van der Waals surface area contributed by atoms with Crippen molar-refractivity contribution in [1.29, 1.82) is 0 Å². The minimum Gasteiger partial charge on any atom is -0.493 e. The number of nitrogens with two attached hydrogens (primary N) is 1. The molecule has 9 nitrogen and oxygen atoms in total. The number of nitrogens with zero attached hydrogens (tertiary/aromatic N) is 3. The van der Waals surface area contributed by atoms with Crippen LogP contribution in [-0.2, 0) is 22.6 Å². The Balaban J connectivity index is 1.61. The molecule has 30 heavy (non-hydrogen) atoms. The molecule has 0 aliphatic rings. The van der Waals surface area contributed by atoms with Gasteiger partial charge in [-0.2, -0.15) is 15.0 Å². The lowest BCUT2D eigenvalue weighted by molar-refractivity contribution is -0.144. The first-order valence-electron chi connectivity index (χ1n) is 8.86. The number of methoxy groups -OCH3 is 2. The van der Waals surface area contributed by atoms with Crippen LogP contribution in [0.5, 0.6) is 11.5 Å². The van der Waals surface area contributed by atoms with Gasteiger partial charge < -0.3 is 25.3 Å². The smallest absolute Gasteiger partial charge is 0.310 e. The third-order valence-electron chi connectivity index (χ3n) is 3.96. The van der Waals surface area contributed by atoms with E-state index in [1.165, 1.54) is 38.5 Å². The highest BCUT2D eigenvalue weighted by Crippen LogP contribution is 2.27. The highest BCUT2D eigenvalue weighted by atomic mass is 19.1. The SMILES string of the molecule is COc1ccc(CC(=O)OCc2nc(N)nc(Nc3ccc(F)cc3)n2)cc1OC. The number of ether oxygens (including phenoxy) is 3. The van der Waals surface area contributed by atoms with Gasteiger partial charge in [0.2, 0.25) is 11.9 Å². The van der Waals surface area contributed by atoms with E-state index in [0.29, 0.717) is 22.7 Å². The van der Waals surface area contributed by atoms with E-state index < -0.39 is 5.97 Å². The molecule has 3 rings (SSSR count). The molecule has 0 saturated carbocycles. The first-order chi connectivity index (χ1) is 14.5. The summed E-state index contributed by atoms with van der Waals surface area (Å²) in [6.45, 7) is -0.184. The van der Waals surface area contributed by atoms with Gasteiger partial charge in [-0.25, -0.2) is 4.39 Å². The van der Waals surface area contributed by atoms with E-state index in [0.717, 1.165) is 0 Å². The number of aromatic nitrogens is 3. The molecule has 0 bridgehead atoms. The zero-order valence-corrected chi connectivity index (χ0v) is 16.4. The molecule has 3 aromatic rings. The van der Waals surface area contributed by atoms with E-state index in [4.69, 9.17) is 19.9 Å². The first kappa shape index (κ1) is 20.8. The molecule has 10 heteroatoms. The fraction of sp³-hybridized carbons (Fsp3) is 0.200. The maximum absolute atomic E-state index is 13.0. The number of carbonyl (C=O) groups is 1. The molecule has 0 unspecified atom stereocenters. The van der Waals surface area contributed by atoms with Crippen molar-refractivity contribution >= 4 is 23.6 Å². The molecule has 0 aliphatic heterocycles. The molecule has 156 valence electrons. The number of anilines is 3. The molecule has 1 aromatic heterocycles. The van der Waals surface area contributed by atoms with Crippen molar-refractivity contribution in [3.63, 3.8) is 0 Å². The van der Waals surface area contributed by atoms with Crippen LogP contribution in [0.1, 0.15) is 11.4 Å². The summed E-state index contributed by atoms with van der Waals surface area (Å²) in [6, 6.07) is 10.8. The van der Waals surface area contributed by atoms with Crippen LogP contribution in [0.15, 0.2) is 42.5 Å². The number of benzene rings is 2. The molecule has 0 radical (unpaired) electrons. The molecule has 0 spiro atoms. The fourth-order valence-electron chi connectivity index (χ4n) is 2.57. The van der Waals surface area contributed by atoms with Crippen molar-refractivity contribution in [3.8, 4) is 11.5 Å². The molecule has 0 amide bonds. The third-order valence-corrected chi connectivity index (χ3v) is 3.96. The monoisotopic (exact) mass is 413 g/mol. The molecular weight excluding hydrogens is 393 g/mol. The zero-order chi connectivity index (χ0) is 21.5. The first-order valence-corrected chi connectivity index (χ1v) is 8.86. The highest BCUT2D eigenvalue weighted by molar-refractivity contribution is 5.73. The van der Waals surface area contributed by atoms with Gasteiger partial charge in [-0.1, -0.05) is 6.07 Å². The second-order valence-electron chi connectivity index (χ2n) is 6.09. The van der Waals surface area contributed by atoms with Gasteiger partial charge >= 0.3 is 5.97 Å². The van der Waals surface area contributed by atoms with Gasteiger partial charge in [0.1, 0.15) is 5.82 Å². The quantitative estimate of drug-likeness (QED) is 0.537. The molecule has 0 atom stereocenters.